The van der Waals surface area contributed by atoms with E-state index in [4.69, 9.17) is 4.74 Å². The lowest BCUT2D eigenvalue weighted by atomic mass is 10.2. The van der Waals surface area contributed by atoms with Crippen molar-refractivity contribution < 1.29 is 14.3 Å². The van der Waals surface area contributed by atoms with E-state index in [2.05, 4.69) is 26.9 Å². The van der Waals surface area contributed by atoms with Gasteiger partial charge in [-0.25, -0.2) is 0 Å². The smallest absolute Gasteiger partial charge is 0.255 e. The monoisotopic (exact) mass is 493 g/mol. The molecule has 0 aliphatic rings. The molecule has 4 rings (SSSR count). The average Bonchev–Trinajstić information content (AvgIpc) is 3.49. The highest BCUT2D eigenvalue weighted by molar-refractivity contribution is 7.99. The normalized spacial score (nSPS) is 10.6. The van der Waals surface area contributed by atoms with Gasteiger partial charge < -0.3 is 19.9 Å². The van der Waals surface area contributed by atoms with Crippen LogP contribution in [-0.4, -0.2) is 39.4 Å². The number of aromatic nitrogens is 3. The van der Waals surface area contributed by atoms with E-state index in [0.717, 1.165) is 5.82 Å². The van der Waals surface area contributed by atoms with E-state index in [1.807, 2.05) is 23.1 Å². The van der Waals surface area contributed by atoms with E-state index >= 15 is 0 Å². The summed E-state index contributed by atoms with van der Waals surface area (Å²) in [6, 6.07) is 17.9. The highest BCUT2D eigenvalue weighted by atomic mass is 32.2. The number of rotatable bonds is 9. The Balaban J connectivity index is 1.27. The fourth-order valence-electron chi connectivity index (χ4n) is 3.10. The van der Waals surface area contributed by atoms with E-state index in [1.165, 1.54) is 16.6 Å². The second kappa shape index (κ2) is 11.0. The third-order valence-corrected chi connectivity index (χ3v) is 6.85. The van der Waals surface area contributed by atoms with Gasteiger partial charge in [0, 0.05) is 35.3 Å². The highest BCUT2D eigenvalue weighted by Gasteiger charge is 2.13. The molecule has 0 unspecified atom stereocenters. The number of methoxy groups -OCH3 is 1. The highest BCUT2D eigenvalue weighted by Crippen LogP contribution is 2.20. The van der Waals surface area contributed by atoms with E-state index in [1.54, 1.807) is 67.0 Å². The van der Waals surface area contributed by atoms with Gasteiger partial charge in [0.25, 0.3) is 5.91 Å². The fraction of sp³-hybridized carbons (Fsp3) is 0.167. The number of thiophene rings is 1. The van der Waals surface area contributed by atoms with Crippen LogP contribution in [-0.2, 0) is 18.3 Å². The minimum absolute atomic E-state index is 0.164. The van der Waals surface area contributed by atoms with E-state index in [-0.39, 0.29) is 17.6 Å². The molecule has 2 aromatic carbocycles. The molecule has 0 aliphatic heterocycles. The van der Waals surface area contributed by atoms with Crippen molar-refractivity contribution in [3.8, 4) is 5.75 Å². The number of benzene rings is 2. The standard InChI is InChI=1S/C24H23N5O3S2/c1-29-21(14-20-4-3-13-33-20)27-28-24(29)34-15-22(30)25-17-7-5-16(6-8-17)23(31)26-18-9-11-19(32-2)12-10-18/h3-13H,14-15H2,1-2H3,(H,25,30)(H,26,31). The summed E-state index contributed by atoms with van der Waals surface area (Å²) in [5.41, 5.74) is 1.77. The number of carbonyl (C=O) groups excluding carboxylic acids is 2. The van der Waals surface area contributed by atoms with Gasteiger partial charge >= 0.3 is 0 Å². The van der Waals surface area contributed by atoms with Crippen molar-refractivity contribution in [3.05, 3.63) is 82.3 Å². The van der Waals surface area contributed by atoms with Crippen LogP contribution >= 0.6 is 23.1 Å². The second-order valence-electron chi connectivity index (χ2n) is 7.31. The maximum absolute atomic E-state index is 12.4. The molecule has 8 nitrogen and oxygen atoms in total. The Labute approximate surface area is 205 Å². The molecule has 2 amide bonds. The van der Waals surface area contributed by atoms with Crippen LogP contribution in [0, 0.1) is 0 Å². The van der Waals surface area contributed by atoms with Crippen LogP contribution in [0.15, 0.2) is 71.2 Å². The van der Waals surface area contributed by atoms with Crippen LogP contribution in [0.25, 0.3) is 0 Å². The van der Waals surface area contributed by atoms with Gasteiger partial charge in [-0.15, -0.1) is 21.5 Å². The van der Waals surface area contributed by atoms with Gasteiger partial charge in [-0.05, 0) is 60.0 Å². The Bertz CT molecular complexity index is 1250. The number of hydrogen-bond donors (Lipinski definition) is 2. The summed E-state index contributed by atoms with van der Waals surface area (Å²) in [6.45, 7) is 0. The topological polar surface area (TPSA) is 98.1 Å². The van der Waals surface area contributed by atoms with Crippen LogP contribution < -0.4 is 15.4 Å². The first-order valence-corrected chi connectivity index (χ1v) is 12.3. The minimum Gasteiger partial charge on any atom is -0.497 e. The van der Waals surface area contributed by atoms with Gasteiger partial charge in [-0.3, -0.25) is 9.59 Å². The molecule has 0 atom stereocenters. The number of carbonyl (C=O) groups is 2. The molecule has 34 heavy (non-hydrogen) atoms. The van der Waals surface area contributed by atoms with E-state index in [9.17, 15) is 9.59 Å². The molecule has 0 radical (unpaired) electrons. The van der Waals surface area contributed by atoms with Crippen LogP contribution in [0.1, 0.15) is 21.1 Å². The first-order valence-electron chi connectivity index (χ1n) is 10.4. The number of amides is 2. The van der Waals surface area contributed by atoms with Crippen molar-refractivity contribution in [2.45, 2.75) is 11.6 Å². The zero-order valence-corrected chi connectivity index (χ0v) is 20.3. The molecule has 0 bridgehead atoms. The first kappa shape index (κ1) is 23.5. The van der Waals surface area contributed by atoms with Gasteiger partial charge in [0.2, 0.25) is 5.91 Å². The third-order valence-electron chi connectivity index (χ3n) is 4.95. The van der Waals surface area contributed by atoms with Gasteiger partial charge in [0.05, 0.1) is 12.9 Å². The van der Waals surface area contributed by atoms with Crippen molar-refractivity contribution in [2.24, 2.45) is 7.05 Å². The Morgan fingerprint density at radius 2 is 1.71 bits per heavy atom. The Morgan fingerprint density at radius 3 is 2.38 bits per heavy atom. The fourth-order valence-corrected chi connectivity index (χ4v) is 4.53. The summed E-state index contributed by atoms with van der Waals surface area (Å²) in [6.07, 6.45) is 0.715. The van der Waals surface area contributed by atoms with E-state index in [0.29, 0.717) is 34.3 Å². The number of thioether (sulfide) groups is 1. The van der Waals surface area contributed by atoms with Crippen molar-refractivity contribution in [3.63, 3.8) is 0 Å². The molecule has 2 N–H and O–H groups in total. The summed E-state index contributed by atoms with van der Waals surface area (Å²) in [5.74, 6) is 1.37. The van der Waals surface area contributed by atoms with Gasteiger partial charge in [0.15, 0.2) is 5.16 Å². The van der Waals surface area contributed by atoms with Crippen LogP contribution in [0.4, 0.5) is 11.4 Å². The van der Waals surface area contributed by atoms with Gasteiger partial charge in [-0.1, -0.05) is 17.8 Å². The maximum atomic E-state index is 12.4. The SMILES string of the molecule is COc1ccc(NC(=O)c2ccc(NC(=O)CSc3nnc(Cc4cccs4)n3C)cc2)cc1. The van der Waals surface area contributed by atoms with Crippen molar-refractivity contribution in [1.29, 1.82) is 0 Å². The molecule has 0 spiro atoms. The summed E-state index contributed by atoms with van der Waals surface area (Å²) in [5, 5.41) is 16.8. The quantitative estimate of drug-likeness (QED) is 0.334. The minimum atomic E-state index is -0.237. The predicted molar refractivity (Wildman–Crippen MR) is 135 cm³/mol. The zero-order chi connectivity index (χ0) is 23.9. The Kier molecular flexibility index (Phi) is 7.61. The van der Waals surface area contributed by atoms with Crippen LogP contribution in [0.5, 0.6) is 5.75 Å². The first-order chi connectivity index (χ1) is 16.5. The van der Waals surface area contributed by atoms with Crippen molar-refractivity contribution >= 4 is 46.3 Å². The molecule has 0 aliphatic carbocycles. The molecule has 174 valence electrons. The largest absolute Gasteiger partial charge is 0.497 e. The van der Waals surface area contributed by atoms with Crippen LogP contribution in [0.2, 0.25) is 0 Å². The summed E-state index contributed by atoms with van der Waals surface area (Å²) in [4.78, 5) is 26.1. The molecule has 2 aromatic heterocycles. The third kappa shape index (κ3) is 6.03. The average molecular weight is 494 g/mol. The molecule has 10 heteroatoms. The van der Waals surface area contributed by atoms with Gasteiger partial charge in [0.1, 0.15) is 11.6 Å². The summed E-state index contributed by atoms with van der Waals surface area (Å²) < 4.78 is 7.03. The van der Waals surface area contributed by atoms with Crippen molar-refractivity contribution in [2.75, 3.05) is 23.5 Å². The number of nitrogens with zero attached hydrogens (tertiary/aromatic N) is 3. The van der Waals surface area contributed by atoms with Crippen LogP contribution in [0.3, 0.4) is 0 Å². The van der Waals surface area contributed by atoms with E-state index < -0.39 is 0 Å². The molecule has 2 heterocycles. The number of hydrogen-bond acceptors (Lipinski definition) is 7. The predicted octanol–water partition coefficient (Wildman–Crippen LogP) is 4.46. The lowest BCUT2D eigenvalue weighted by Crippen LogP contribution is -2.15. The van der Waals surface area contributed by atoms with Crippen molar-refractivity contribution in [1.82, 2.24) is 14.8 Å². The molecule has 0 saturated heterocycles. The second-order valence-corrected chi connectivity index (χ2v) is 9.29. The molecular weight excluding hydrogens is 470 g/mol. The summed E-state index contributed by atoms with van der Waals surface area (Å²) in [7, 11) is 3.49. The number of ether oxygens (including phenoxy) is 1. The lowest BCUT2D eigenvalue weighted by Gasteiger charge is -2.08. The molecule has 0 fully saturated rings. The maximum Gasteiger partial charge on any atom is 0.255 e. The molecular formula is C24H23N5O3S2. The molecule has 4 aromatic rings. The number of nitrogens with one attached hydrogen (secondary N) is 2. The summed E-state index contributed by atoms with van der Waals surface area (Å²) >= 11 is 3.01. The number of anilines is 2. The Hall–Kier alpha value is -3.63. The Morgan fingerprint density at radius 1 is 1.00 bits per heavy atom. The van der Waals surface area contributed by atoms with Gasteiger partial charge in [-0.2, -0.15) is 0 Å². The molecule has 0 saturated carbocycles. The lowest BCUT2D eigenvalue weighted by molar-refractivity contribution is -0.113. The zero-order valence-electron chi connectivity index (χ0n) is 18.6.